The number of unbranched alkanes of at least 4 members (excludes halogenated alkanes) is 26. The van der Waals surface area contributed by atoms with Crippen molar-refractivity contribution in [2.75, 3.05) is 12.3 Å². The minimum atomic E-state index is -2.74. The van der Waals surface area contributed by atoms with Crippen LogP contribution in [0, 0.1) is 0 Å². The fourth-order valence-corrected chi connectivity index (χ4v) is 19.7. The van der Waals surface area contributed by atoms with E-state index in [1.807, 2.05) is 0 Å². The fraction of sp³-hybridized carbons (Fsp3) is 0.471. The molecule has 0 heterocycles. The van der Waals surface area contributed by atoms with Gasteiger partial charge in [-0.05, 0) is 98.5 Å². The zero-order valence-corrected chi connectivity index (χ0v) is 58.4. The molecule has 0 saturated heterocycles. The third-order valence-electron chi connectivity index (χ3n) is 14.9. The number of rotatable bonds is 36. The molecule has 0 bridgehead atoms. The minimum absolute atomic E-state index is 1.27. The molecule has 0 amide bonds. The third-order valence-corrected chi connectivity index (χ3v) is 23.9. The summed E-state index contributed by atoms with van der Waals surface area (Å²) in [5, 5.41) is 9.12. The summed E-state index contributed by atoms with van der Waals surface area (Å²) in [5.74, 6) is 0. The van der Waals surface area contributed by atoms with E-state index in [0.29, 0.717) is 0 Å². The summed E-state index contributed by atoms with van der Waals surface area (Å²) < 4.78 is 0. The van der Waals surface area contributed by atoms with E-state index in [0.717, 1.165) is 0 Å². The summed E-state index contributed by atoms with van der Waals surface area (Å²) in [6.07, 6.45) is 42.1. The summed E-state index contributed by atoms with van der Waals surface area (Å²) in [6, 6.07) is 68.1. The topological polar surface area (TPSA) is 0 Å². The van der Waals surface area contributed by atoms with Gasteiger partial charge in [0.25, 0.3) is 0 Å². The first-order valence-corrected chi connectivity index (χ1v) is 46.9. The van der Waals surface area contributed by atoms with Crippen molar-refractivity contribution in [3.8, 4) is 0 Å². The van der Waals surface area contributed by atoms with Crippen LogP contribution in [-0.4, -0.2) is 12.3 Å². The fourth-order valence-electron chi connectivity index (χ4n) is 10.9. The van der Waals surface area contributed by atoms with E-state index < -0.39 is 32.9 Å². The number of benzene rings is 6. The second-order valence-corrected chi connectivity index (χ2v) is 51.5. The SMILES string of the molecule is CCCCCCCCCCCCCCCC[P+](c1ccccc1)(c1ccccc1)c1ccccc1.CCCCCCCCCCCCCCCC[P+](c1ccccc1)(c1ccccc1)c1ccccc1.[Cl][Mn-]([Cl])([Cl])[Cl].[Cl][Mn-]([Cl])([Cl])[Cl]. The van der Waals surface area contributed by atoms with Crippen LogP contribution in [0.5, 0.6) is 0 Å². The van der Waals surface area contributed by atoms with E-state index in [1.165, 1.54) is 224 Å². The summed E-state index contributed by atoms with van der Waals surface area (Å²) in [5.41, 5.74) is 0. The van der Waals surface area contributed by atoms with Gasteiger partial charge in [-0.2, -0.15) is 0 Å². The van der Waals surface area contributed by atoms with Crippen molar-refractivity contribution in [3.63, 3.8) is 0 Å². The van der Waals surface area contributed by atoms with Gasteiger partial charge in [0.2, 0.25) is 0 Å². The normalized spacial score (nSPS) is 12.0. The van der Waals surface area contributed by atoms with Crippen LogP contribution in [-0.2, 0) is 18.4 Å². The molecule has 0 saturated carbocycles. The zero-order valence-electron chi connectivity index (χ0n) is 48.2. The van der Waals surface area contributed by atoms with Crippen LogP contribution in [0.3, 0.4) is 0 Å². The van der Waals surface area contributed by atoms with Gasteiger partial charge in [-0.15, -0.1) is 0 Å². The summed E-state index contributed by atoms with van der Waals surface area (Å²) in [6.45, 7) is 4.60. The van der Waals surface area contributed by atoms with Crippen LogP contribution in [0.25, 0.3) is 0 Å². The molecule has 0 aliphatic rings. The Kier molecular flexibility index (Phi) is 42.2. The molecule has 12 heteroatoms. The molecule has 0 spiro atoms. The Balaban J connectivity index is 0.000000359. The van der Waals surface area contributed by atoms with Crippen LogP contribution in [0.2, 0.25) is 0 Å². The Labute approximate surface area is 528 Å². The van der Waals surface area contributed by atoms with Crippen molar-refractivity contribution in [3.05, 3.63) is 182 Å². The van der Waals surface area contributed by atoms with Gasteiger partial charge in [0.1, 0.15) is 46.4 Å². The molecule has 0 aromatic heterocycles. The Morgan fingerprint density at radius 1 is 0.212 bits per heavy atom. The Hall–Kier alpha value is -0.461. The van der Waals surface area contributed by atoms with Gasteiger partial charge in [0, 0.05) is 0 Å². The van der Waals surface area contributed by atoms with E-state index in [1.54, 1.807) is 0 Å². The average Bonchev–Trinajstić information content (AvgIpc) is 3.50. The van der Waals surface area contributed by atoms with Gasteiger partial charge >= 0.3 is 99.2 Å². The summed E-state index contributed by atoms with van der Waals surface area (Å²) >= 11 is 0. The van der Waals surface area contributed by atoms with E-state index in [4.69, 9.17) is 80.8 Å². The molecule has 0 fully saturated rings. The standard InChI is InChI=1S/2C34H48P.8ClH.2Mn/c2*1-2-3-4-5-6-7-8-9-10-11-12-13-14-24-31-35(32-25-18-15-19-26-32,33-27-20-16-21-28-33)34-29-22-17-23-30-34;;;;;;;;;;/h2*15-23,25-30H,2-14,24,31H2,1H3;8*1H;;/q2*+1;;;;;;;;;2*+3/p-8. The van der Waals surface area contributed by atoms with Crippen LogP contribution in [0.4, 0.5) is 0 Å². The molecule has 6 rings (SSSR count). The van der Waals surface area contributed by atoms with Gasteiger partial charge < -0.3 is 0 Å². The summed E-state index contributed by atoms with van der Waals surface area (Å²) in [4.78, 5) is 0. The number of hydrogen-bond donors (Lipinski definition) is 0. The molecule has 80 heavy (non-hydrogen) atoms. The quantitative estimate of drug-likeness (QED) is 0.0209. The average molecular weight is 1370 g/mol. The number of hydrogen-bond acceptors (Lipinski definition) is 0. The first-order valence-electron chi connectivity index (χ1n) is 30.0. The molecule has 6 aromatic rings. The van der Waals surface area contributed by atoms with Crippen LogP contribution in [0.15, 0.2) is 182 Å². The second-order valence-electron chi connectivity index (χ2n) is 20.9. The molecular formula is C68H96Cl8Mn2P2. The Morgan fingerprint density at radius 3 is 0.475 bits per heavy atom. The predicted molar refractivity (Wildman–Crippen MR) is 367 cm³/mol. The predicted octanol–water partition coefficient (Wildman–Crippen LogP) is 24.4. The van der Waals surface area contributed by atoms with Gasteiger partial charge in [-0.3, -0.25) is 0 Å². The molecule has 0 nitrogen and oxygen atoms in total. The van der Waals surface area contributed by atoms with Gasteiger partial charge in [0.05, 0.1) is 12.3 Å². The van der Waals surface area contributed by atoms with Crippen molar-refractivity contribution in [1.29, 1.82) is 0 Å². The van der Waals surface area contributed by atoms with Crippen LogP contribution < -0.4 is 31.8 Å². The molecule has 0 atom stereocenters. The molecule has 0 aliphatic carbocycles. The van der Waals surface area contributed by atoms with E-state index in [2.05, 4.69) is 196 Å². The second kappa shape index (κ2) is 45.8. The van der Waals surface area contributed by atoms with E-state index in [-0.39, 0.29) is 0 Å². The molecule has 6 aromatic carbocycles. The maximum absolute atomic E-state index is 4.97. The number of halogens is 8. The van der Waals surface area contributed by atoms with Crippen molar-refractivity contribution in [2.24, 2.45) is 0 Å². The monoisotopic (exact) mass is 1360 g/mol. The maximum atomic E-state index is 4.97. The van der Waals surface area contributed by atoms with Crippen LogP contribution in [0.1, 0.15) is 194 Å². The molecule has 0 aliphatic heterocycles. The Bertz CT molecular complexity index is 1950. The molecule has 0 radical (unpaired) electrons. The van der Waals surface area contributed by atoms with Crippen molar-refractivity contribution in [1.82, 2.24) is 0 Å². The van der Waals surface area contributed by atoms with Gasteiger partial charge in [0.15, 0.2) is 0 Å². The third kappa shape index (κ3) is 32.9. The van der Waals surface area contributed by atoms with Crippen molar-refractivity contribution in [2.45, 2.75) is 194 Å². The van der Waals surface area contributed by atoms with Gasteiger partial charge in [-0.1, -0.05) is 277 Å². The van der Waals surface area contributed by atoms with E-state index >= 15 is 0 Å². The zero-order chi connectivity index (χ0) is 57.9. The van der Waals surface area contributed by atoms with Crippen LogP contribution >= 0.6 is 95.3 Å². The van der Waals surface area contributed by atoms with Crippen molar-refractivity contribution >= 4 is 127 Å². The molecule has 0 N–H and O–H groups in total. The molecule has 0 unspecified atom stereocenters. The molecule has 448 valence electrons. The Morgan fingerprint density at radius 2 is 0.338 bits per heavy atom. The van der Waals surface area contributed by atoms with Crippen molar-refractivity contribution < 1.29 is 18.4 Å². The van der Waals surface area contributed by atoms with Gasteiger partial charge in [-0.25, -0.2) is 0 Å². The first kappa shape index (κ1) is 73.8. The van der Waals surface area contributed by atoms with E-state index in [9.17, 15) is 0 Å². The molecular weight excluding hydrogens is 1270 g/mol. The summed E-state index contributed by atoms with van der Waals surface area (Å²) in [7, 11) is 31.0. The first-order chi connectivity index (χ1) is 38.8.